The molecule has 2 rings (SSSR count). The standard InChI is InChI=1S/C15H16O2/c1-2-3-4-5-11-6-7-12-13(10-11)15(17)9-8-14(12)16/h6-10H,2-5H2,1H3. The maximum absolute atomic E-state index is 11.7. The van der Waals surface area contributed by atoms with Crippen molar-refractivity contribution in [1.82, 2.24) is 0 Å². The highest BCUT2D eigenvalue weighted by Crippen LogP contribution is 2.19. The number of allylic oxidation sites excluding steroid dienone is 2. The number of fused-ring (bicyclic) bond motifs is 1. The lowest BCUT2D eigenvalue weighted by Crippen LogP contribution is -2.11. The summed E-state index contributed by atoms with van der Waals surface area (Å²) in [6.07, 6.45) is 7.20. The fourth-order valence-corrected chi connectivity index (χ4v) is 2.08. The fourth-order valence-electron chi connectivity index (χ4n) is 2.08. The van der Waals surface area contributed by atoms with Gasteiger partial charge >= 0.3 is 0 Å². The van der Waals surface area contributed by atoms with Crippen molar-refractivity contribution in [1.29, 1.82) is 0 Å². The zero-order chi connectivity index (χ0) is 12.3. The van der Waals surface area contributed by atoms with Gasteiger partial charge in [0.25, 0.3) is 0 Å². The van der Waals surface area contributed by atoms with Gasteiger partial charge in [-0.25, -0.2) is 0 Å². The average Bonchev–Trinajstić information content (AvgIpc) is 2.34. The molecular weight excluding hydrogens is 212 g/mol. The number of carbonyl (C=O) groups is 2. The minimum atomic E-state index is -0.0697. The molecule has 0 aliphatic heterocycles. The van der Waals surface area contributed by atoms with Crippen molar-refractivity contribution < 1.29 is 9.59 Å². The third-order valence-corrected chi connectivity index (χ3v) is 3.07. The number of hydrogen-bond acceptors (Lipinski definition) is 2. The lowest BCUT2D eigenvalue weighted by atomic mass is 9.92. The second-order valence-corrected chi connectivity index (χ2v) is 4.40. The maximum atomic E-state index is 11.7. The highest BCUT2D eigenvalue weighted by molar-refractivity contribution is 6.22. The summed E-state index contributed by atoms with van der Waals surface area (Å²) in [5.74, 6) is -0.128. The first-order chi connectivity index (χ1) is 8.22. The minimum Gasteiger partial charge on any atom is -0.289 e. The normalized spacial score (nSPS) is 13.9. The summed E-state index contributed by atoms with van der Waals surface area (Å²) in [7, 11) is 0. The van der Waals surface area contributed by atoms with Crippen LogP contribution in [0, 0.1) is 0 Å². The van der Waals surface area contributed by atoms with Crippen LogP contribution < -0.4 is 0 Å². The van der Waals surface area contributed by atoms with Gasteiger partial charge in [0.15, 0.2) is 11.6 Å². The van der Waals surface area contributed by atoms with Crippen molar-refractivity contribution in [3.63, 3.8) is 0 Å². The van der Waals surface area contributed by atoms with Crippen LogP contribution >= 0.6 is 0 Å². The first-order valence-corrected chi connectivity index (χ1v) is 6.12. The van der Waals surface area contributed by atoms with E-state index in [9.17, 15) is 9.59 Å². The minimum absolute atomic E-state index is 0.0584. The molecule has 1 aliphatic rings. The van der Waals surface area contributed by atoms with E-state index in [2.05, 4.69) is 6.92 Å². The Morgan fingerprint density at radius 2 is 1.65 bits per heavy atom. The molecule has 0 heterocycles. The topological polar surface area (TPSA) is 34.1 Å². The van der Waals surface area contributed by atoms with Crippen LogP contribution in [-0.2, 0) is 6.42 Å². The van der Waals surface area contributed by atoms with Crippen LogP contribution in [0.4, 0.5) is 0 Å². The lowest BCUT2D eigenvalue weighted by Gasteiger charge is -2.10. The molecule has 1 aromatic rings. The SMILES string of the molecule is CCCCCc1ccc2c(c1)C(=O)C=CC2=O. The molecule has 2 heteroatoms. The van der Waals surface area contributed by atoms with Crippen LogP contribution in [0.2, 0.25) is 0 Å². The number of hydrogen-bond donors (Lipinski definition) is 0. The molecule has 0 amide bonds. The van der Waals surface area contributed by atoms with Gasteiger partial charge in [-0.15, -0.1) is 0 Å². The molecule has 0 fully saturated rings. The summed E-state index contributed by atoms with van der Waals surface area (Å²) in [4.78, 5) is 23.2. The summed E-state index contributed by atoms with van der Waals surface area (Å²) >= 11 is 0. The van der Waals surface area contributed by atoms with Crippen molar-refractivity contribution in [2.75, 3.05) is 0 Å². The van der Waals surface area contributed by atoms with Crippen LogP contribution in [0.3, 0.4) is 0 Å². The number of unbranched alkanes of at least 4 members (excludes halogenated alkanes) is 2. The van der Waals surface area contributed by atoms with Gasteiger partial charge in [-0.1, -0.05) is 31.9 Å². The van der Waals surface area contributed by atoms with Crippen LogP contribution in [0.1, 0.15) is 52.5 Å². The van der Waals surface area contributed by atoms with Crippen molar-refractivity contribution in [3.05, 3.63) is 47.0 Å². The second-order valence-electron chi connectivity index (χ2n) is 4.40. The molecule has 0 N–H and O–H groups in total. The Hall–Kier alpha value is -1.70. The molecule has 0 saturated carbocycles. The molecule has 0 spiro atoms. The second kappa shape index (κ2) is 5.09. The predicted octanol–water partition coefficient (Wildman–Crippen LogP) is 3.35. The zero-order valence-corrected chi connectivity index (χ0v) is 10.0. The van der Waals surface area contributed by atoms with Gasteiger partial charge in [0.1, 0.15) is 0 Å². The third-order valence-electron chi connectivity index (χ3n) is 3.07. The van der Waals surface area contributed by atoms with Gasteiger partial charge in [0, 0.05) is 11.1 Å². The van der Waals surface area contributed by atoms with Crippen molar-refractivity contribution in [2.24, 2.45) is 0 Å². The summed E-state index contributed by atoms with van der Waals surface area (Å²) in [5.41, 5.74) is 2.25. The lowest BCUT2D eigenvalue weighted by molar-refractivity contribution is 0.0994. The number of benzene rings is 1. The number of ketones is 2. The Labute approximate surface area is 101 Å². The first-order valence-electron chi connectivity index (χ1n) is 6.12. The van der Waals surface area contributed by atoms with Crippen molar-refractivity contribution in [2.45, 2.75) is 32.6 Å². The highest BCUT2D eigenvalue weighted by Gasteiger charge is 2.18. The van der Waals surface area contributed by atoms with Crippen LogP contribution in [0.15, 0.2) is 30.4 Å². The molecule has 17 heavy (non-hydrogen) atoms. The average molecular weight is 228 g/mol. The van der Waals surface area contributed by atoms with Crippen LogP contribution in [-0.4, -0.2) is 11.6 Å². The Kier molecular flexibility index (Phi) is 3.52. The molecular formula is C15H16O2. The Bertz CT molecular complexity index is 484. The van der Waals surface area contributed by atoms with Gasteiger partial charge in [-0.3, -0.25) is 9.59 Å². The Morgan fingerprint density at radius 3 is 2.35 bits per heavy atom. The smallest absolute Gasteiger partial charge is 0.186 e. The molecule has 88 valence electrons. The van der Waals surface area contributed by atoms with E-state index < -0.39 is 0 Å². The number of carbonyl (C=O) groups excluding carboxylic acids is 2. The van der Waals surface area contributed by atoms with Crippen LogP contribution in [0.25, 0.3) is 0 Å². The van der Waals surface area contributed by atoms with E-state index in [0.717, 1.165) is 18.4 Å². The molecule has 0 radical (unpaired) electrons. The van der Waals surface area contributed by atoms with Gasteiger partial charge in [0.05, 0.1) is 0 Å². The summed E-state index contributed by atoms with van der Waals surface area (Å²) < 4.78 is 0. The van der Waals surface area contributed by atoms with Gasteiger partial charge < -0.3 is 0 Å². The van der Waals surface area contributed by atoms with Crippen LogP contribution in [0.5, 0.6) is 0 Å². The van der Waals surface area contributed by atoms with Gasteiger partial charge in [-0.05, 0) is 36.6 Å². The fraction of sp³-hybridized carbons (Fsp3) is 0.333. The molecule has 0 unspecified atom stereocenters. The molecule has 2 nitrogen and oxygen atoms in total. The summed E-state index contributed by atoms with van der Waals surface area (Å²) in [5, 5.41) is 0. The van der Waals surface area contributed by atoms with E-state index in [1.807, 2.05) is 12.1 Å². The Morgan fingerprint density at radius 1 is 0.941 bits per heavy atom. The van der Waals surface area contributed by atoms with Crippen molar-refractivity contribution in [3.8, 4) is 0 Å². The third kappa shape index (κ3) is 2.52. The molecule has 0 bridgehead atoms. The first kappa shape index (κ1) is 11.8. The van der Waals surface area contributed by atoms with E-state index in [1.165, 1.54) is 25.0 Å². The van der Waals surface area contributed by atoms with E-state index in [4.69, 9.17) is 0 Å². The van der Waals surface area contributed by atoms with E-state index in [0.29, 0.717) is 11.1 Å². The van der Waals surface area contributed by atoms with E-state index in [1.54, 1.807) is 6.07 Å². The van der Waals surface area contributed by atoms with Crippen molar-refractivity contribution >= 4 is 11.6 Å². The molecule has 1 aliphatic carbocycles. The quantitative estimate of drug-likeness (QED) is 0.740. The highest BCUT2D eigenvalue weighted by atomic mass is 16.1. The van der Waals surface area contributed by atoms with Gasteiger partial charge in [-0.2, -0.15) is 0 Å². The zero-order valence-electron chi connectivity index (χ0n) is 10.0. The number of rotatable bonds is 4. The molecule has 0 saturated heterocycles. The monoisotopic (exact) mass is 228 g/mol. The largest absolute Gasteiger partial charge is 0.289 e. The summed E-state index contributed by atoms with van der Waals surface area (Å²) in [6.45, 7) is 2.17. The summed E-state index contributed by atoms with van der Waals surface area (Å²) in [6, 6.07) is 5.61. The van der Waals surface area contributed by atoms with Gasteiger partial charge in [0.2, 0.25) is 0 Å². The maximum Gasteiger partial charge on any atom is 0.186 e. The predicted molar refractivity (Wildman–Crippen MR) is 67.5 cm³/mol. The van der Waals surface area contributed by atoms with E-state index in [-0.39, 0.29) is 11.6 Å². The van der Waals surface area contributed by atoms with E-state index >= 15 is 0 Å². The molecule has 0 aromatic heterocycles. The number of aryl methyl sites for hydroxylation is 1. The molecule has 0 atom stereocenters. The Balaban J connectivity index is 2.22. The molecule has 1 aromatic carbocycles.